The van der Waals surface area contributed by atoms with Crippen LogP contribution < -0.4 is 5.32 Å². The Hall–Kier alpha value is -2.45. The van der Waals surface area contributed by atoms with Gasteiger partial charge in [-0.05, 0) is 49.0 Å². The topological polar surface area (TPSA) is 104 Å². The van der Waals surface area contributed by atoms with Crippen molar-refractivity contribution in [3.63, 3.8) is 0 Å². The van der Waals surface area contributed by atoms with Crippen LogP contribution >= 0.6 is 23.5 Å². The van der Waals surface area contributed by atoms with E-state index in [-0.39, 0.29) is 47.4 Å². The second-order valence-electron chi connectivity index (χ2n) is 6.82. The number of phenolic OH excluding ortho intramolecular Hbond substituents is 2. The summed E-state index contributed by atoms with van der Waals surface area (Å²) in [4.78, 5) is 34.7. The van der Waals surface area contributed by atoms with Crippen molar-refractivity contribution in [2.75, 3.05) is 30.6 Å². The zero-order valence-electron chi connectivity index (χ0n) is 18.5. The molecule has 0 saturated carbocycles. The molecule has 3 N–H and O–H groups in total. The summed E-state index contributed by atoms with van der Waals surface area (Å²) in [6.45, 7) is 0.616. The first-order valence-corrected chi connectivity index (χ1v) is 13.1. The molecule has 0 aromatic heterocycles. The number of aromatic hydroxyl groups is 2. The number of phenols is 2. The van der Waals surface area contributed by atoms with Crippen LogP contribution in [0.1, 0.15) is 46.4 Å². The highest BCUT2D eigenvalue weighted by atomic mass is 32.2. The second kappa shape index (κ2) is 16.2. The van der Waals surface area contributed by atoms with E-state index >= 15 is 0 Å². The summed E-state index contributed by atoms with van der Waals surface area (Å²) < 4.78 is 0. The highest BCUT2D eigenvalue weighted by molar-refractivity contribution is 7.98. The van der Waals surface area contributed by atoms with Crippen LogP contribution in [0.15, 0.2) is 48.5 Å². The number of para-hydroxylation sites is 2. The number of ketones is 2. The molecule has 0 unspecified atom stereocenters. The van der Waals surface area contributed by atoms with E-state index in [2.05, 4.69) is 5.32 Å². The Morgan fingerprint density at radius 2 is 1.25 bits per heavy atom. The molecular formula is C24H31NO5S2. The van der Waals surface area contributed by atoms with Crippen LogP contribution in [0, 0.1) is 0 Å². The molecule has 2 aromatic carbocycles. The fourth-order valence-electron chi connectivity index (χ4n) is 2.67. The molecule has 6 nitrogen and oxygen atoms in total. The molecule has 0 radical (unpaired) electrons. The molecule has 1 amide bonds. The Morgan fingerprint density at radius 3 is 1.75 bits per heavy atom. The fraction of sp³-hybridized carbons (Fsp3) is 0.375. The van der Waals surface area contributed by atoms with Gasteiger partial charge in [-0.15, -0.1) is 0 Å². The van der Waals surface area contributed by atoms with Crippen LogP contribution in [0.5, 0.6) is 11.5 Å². The maximum atomic E-state index is 11.8. The predicted octanol–water partition coefficient (Wildman–Crippen LogP) is 4.55. The van der Waals surface area contributed by atoms with Gasteiger partial charge in [-0.25, -0.2) is 0 Å². The van der Waals surface area contributed by atoms with Gasteiger partial charge in [0.05, 0.1) is 11.1 Å². The van der Waals surface area contributed by atoms with E-state index in [0.717, 1.165) is 17.9 Å². The summed E-state index contributed by atoms with van der Waals surface area (Å²) >= 11 is 3.38. The average molecular weight is 478 g/mol. The molecule has 0 bridgehead atoms. The van der Waals surface area contributed by atoms with Gasteiger partial charge in [-0.2, -0.15) is 23.5 Å². The van der Waals surface area contributed by atoms with Gasteiger partial charge in [0.25, 0.3) is 0 Å². The number of hydrogen-bond acceptors (Lipinski definition) is 7. The first kappa shape index (κ1) is 27.6. The lowest BCUT2D eigenvalue weighted by Crippen LogP contribution is -2.26. The minimum absolute atomic E-state index is 0.0251. The Balaban J connectivity index is 0.000000330. The summed E-state index contributed by atoms with van der Waals surface area (Å²) in [6, 6.07) is 13.1. The van der Waals surface area contributed by atoms with Crippen LogP contribution in [-0.4, -0.2) is 58.2 Å². The second-order valence-corrected chi connectivity index (χ2v) is 8.79. The zero-order chi connectivity index (χ0) is 23.8. The Morgan fingerprint density at radius 1 is 0.750 bits per heavy atom. The van der Waals surface area contributed by atoms with Crippen molar-refractivity contribution in [3.05, 3.63) is 59.7 Å². The summed E-state index contributed by atoms with van der Waals surface area (Å²) in [5.74, 6) is 1.57. The summed E-state index contributed by atoms with van der Waals surface area (Å²) in [7, 11) is 0. The fourth-order valence-corrected chi connectivity index (χ4v) is 3.41. The molecule has 174 valence electrons. The van der Waals surface area contributed by atoms with Crippen molar-refractivity contribution in [3.8, 4) is 11.5 Å². The van der Waals surface area contributed by atoms with Crippen LogP contribution in [0.3, 0.4) is 0 Å². The molecule has 0 saturated heterocycles. The number of thioether (sulfide) groups is 2. The molecule has 0 aliphatic carbocycles. The summed E-state index contributed by atoms with van der Waals surface area (Å²) in [5.41, 5.74) is 0.711. The van der Waals surface area contributed by atoms with Crippen LogP contribution in [-0.2, 0) is 4.79 Å². The van der Waals surface area contributed by atoms with Gasteiger partial charge in [-0.3, -0.25) is 14.4 Å². The van der Waals surface area contributed by atoms with Crippen molar-refractivity contribution >= 4 is 41.0 Å². The Bertz CT molecular complexity index is 873. The van der Waals surface area contributed by atoms with Gasteiger partial charge in [0.15, 0.2) is 11.6 Å². The number of benzene rings is 2. The predicted molar refractivity (Wildman–Crippen MR) is 133 cm³/mol. The highest BCUT2D eigenvalue weighted by Gasteiger charge is 2.12. The molecule has 0 atom stereocenters. The van der Waals surface area contributed by atoms with Crippen molar-refractivity contribution in [2.45, 2.75) is 25.7 Å². The quantitative estimate of drug-likeness (QED) is 0.304. The Kier molecular flexibility index (Phi) is 14.0. The van der Waals surface area contributed by atoms with E-state index in [1.54, 1.807) is 66.0 Å². The van der Waals surface area contributed by atoms with E-state index in [1.807, 2.05) is 12.5 Å². The first-order valence-electron chi connectivity index (χ1n) is 10.3. The zero-order valence-corrected chi connectivity index (χ0v) is 20.1. The van der Waals surface area contributed by atoms with Crippen LogP contribution in [0.2, 0.25) is 0 Å². The lowest BCUT2D eigenvalue weighted by atomic mass is 10.1. The molecule has 0 heterocycles. The lowest BCUT2D eigenvalue weighted by Gasteiger charge is -2.05. The van der Waals surface area contributed by atoms with Crippen LogP contribution in [0.25, 0.3) is 0 Å². The number of carbonyl (C=O) groups is 3. The third kappa shape index (κ3) is 10.7. The van der Waals surface area contributed by atoms with Crippen molar-refractivity contribution < 1.29 is 24.6 Å². The first-order chi connectivity index (χ1) is 15.4. The minimum Gasteiger partial charge on any atom is -0.507 e. The van der Waals surface area contributed by atoms with Gasteiger partial charge in [0.2, 0.25) is 5.91 Å². The third-order valence-corrected chi connectivity index (χ3v) is 5.68. The molecule has 0 aliphatic rings. The van der Waals surface area contributed by atoms with E-state index in [4.69, 9.17) is 0 Å². The van der Waals surface area contributed by atoms with E-state index in [9.17, 15) is 24.6 Å². The van der Waals surface area contributed by atoms with Gasteiger partial charge in [0.1, 0.15) is 11.5 Å². The highest BCUT2D eigenvalue weighted by Crippen LogP contribution is 2.19. The smallest absolute Gasteiger partial charge is 0.220 e. The number of carbonyl (C=O) groups excluding carboxylic acids is 3. The SMILES string of the molecule is CSCCCC(=O)c1ccccc1O.CSCCNC(=O)CCC(=O)c1ccccc1O. The number of rotatable bonds is 12. The molecule has 32 heavy (non-hydrogen) atoms. The lowest BCUT2D eigenvalue weighted by molar-refractivity contribution is -0.120. The van der Waals surface area contributed by atoms with Crippen molar-refractivity contribution in [1.29, 1.82) is 0 Å². The number of nitrogens with one attached hydrogen (secondary N) is 1. The molecule has 0 spiro atoms. The van der Waals surface area contributed by atoms with Gasteiger partial charge in [0, 0.05) is 31.6 Å². The number of hydrogen-bond donors (Lipinski definition) is 3. The molecule has 0 fully saturated rings. The van der Waals surface area contributed by atoms with E-state index in [1.165, 1.54) is 6.07 Å². The monoisotopic (exact) mass is 477 g/mol. The summed E-state index contributed by atoms with van der Waals surface area (Å²) in [5, 5.41) is 21.6. The molecule has 0 aliphatic heterocycles. The number of amides is 1. The van der Waals surface area contributed by atoms with Gasteiger partial charge < -0.3 is 15.5 Å². The normalized spacial score (nSPS) is 10.1. The van der Waals surface area contributed by atoms with E-state index in [0.29, 0.717) is 18.5 Å². The molecular weight excluding hydrogens is 446 g/mol. The maximum Gasteiger partial charge on any atom is 0.220 e. The molecule has 8 heteroatoms. The maximum absolute atomic E-state index is 11.8. The minimum atomic E-state index is -0.215. The van der Waals surface area contributed by atoms with Crippen molar-refractivity contribution in [1.82, 2.24) is 5.32 Å². The van der Waals surface area contributed by atoms with E-state index < -0.39 is 0 Å². The number of Topliss-reactive ketones (excluding diaryl/α,β-unsaturated/α-hetero) is 2. The van der Waals surface area contributed by atoms with Gasteiger partial charge in [-0.1, -0.05) is 24.3 Å². The average Bonchev–Trinajstić information content (AvgIpc) is 2.79. The standard InChI is InChI=1S/C13H17NO3S.C11H14O2S/c1-18-9-8-14-13(17)7-6-12(16)10-4-2-3-5-11(10)15;1-14-8-4-7-11(13)9-5-2-3-6-10(9)12/h2-5,15H,6-9H2,1H3,(H,14,17);2-3,5-6,12H,4,7-8H2,1H3. The van der Waals surface area contributed by atoms with Crippen molar-refractivity contribution in [2.24, 2.45) is 0 Å². The largest absolute Gasteiger partial charge is 0.507 e. The van der Waals surface area contributed by atoms with Crippen LogP contribution in [0.4, 0.5) is 0 Å². The molecule has 2 rings (SSSR count). The van der Waals surface area contributed by atoms with Gasteiger partial charge >= 0.3 is 0 Å². The molecule has 2 aromatic rings. The Labute approximate surface area is 198 Å². The third-order valence-electron chi connectivity index (χ3n) is 4.37. The summed E-state index contributed by atoms with van der Waals surface area (Å²) in [6.07, 6.45) is 5.63.